The van der Waals surface area contributed by atoms with Crippen LogP contribution < -0.4 is 10.2 Å². The van der Waals surface area contributed by atoms with E-state index >= 15 is 0 Å². The van der Waals surface area contributed by atoms with Crippen LogP contribution in [0.4, 0.5) is 11.6 Å². The van der Waals surface area contributed by atoms with E-state index in [-0.39, 0.29) is 17.7 Å². The van der Waals surface area contributed by atoms with E-state index in [2.05, 4.69) is 10.2 Å². The highest BCUT2D eigenvalue weighted by molar-refractivity contribution is 5.99. The molecule has 2 aliphatic heterocycles. The van der Waals surface area contributed by atoms with Crippen molar-refractivity contribution in [2.75, 3.05) is 29.9 Å². The number of fused-ring (bicyclic) bond motifs is 1. The van der Waals surface area contributed by atoms with Crippen LogP contribution in [0.1, 0.15) is 44.9 Å². The number of carbonyl (C=O) groups is 2. The first-order chi connectivity index (χ1) is 14.2. The van der Waals surface area contributed by atoms with Gasteiger partial charge in [0, 0.05) is 32.1 Å². The molecule has 1 unspecified atom stereocenters. The Morgan fingerprint density at radius 3 is 2.41 bits per heavy atom. The van der Waals surface area contributed by atoms with Crippen LogP contribution in [0.25, 0.3) is 11.0 Å². The van der Waals surface area contributed by atoms with Crippen LogP contribution in [0.5, 0.6) is 0 Å². The Kier molecular flexibility index (Phi) is 4.81. The predicted octanol–water partition coefficient (Wildman–Crippen LogP) is 2.96. The maximum Gasteiger partial charge on any atom is 0.231 e. The number of nitrogens with zero attached hydrogens (tertiary/aromatic N) is 4. The molecule has 2 aromatic rings. The van der Waals surface area contributed by atoms with Gasteiger partial charge in [-0.2, -0.15) is 0 Å². The number of nitrogens with one attached hydrogen (secondary N) is 1. The zero-order valence-electron chi connectivity index (χ0n) is 16.6. The quantitative estimate of drug-likeness (QED) is 0.864. The fraction of sp³-hybridized carbons (Fsp3) is 0.545. The Bertz CT molecular complexity index is 934. The molecular weight excluding hydrogens is 366 g/mol. The second kappa shape index (κ2) is 7.61. The number of hydrogen-bond donors (Lipinski definition) is 1. The van der Waals surface area contributed by atoms with Crippen LogP contribution in [0.2, 0.25) is 0 Å². The molecule has 29 heavy (non-hydrogen) atoms. The standard InChI is InChI=1S/C22H27N5O2/c28-19-13-15(14-27(19)16-7-1-2-8-16)22(29)25-20-21(26-11-5-6-12-26)24-18-10-4-3-9-17(18)23-20/h3-4,9-10,15-16H,1-2,5-8,11-14H2,(H,23,25,29). The number of anilines is 2. The summed E-state index contributed by atoms with van der Waals surface area (Å²) >= 11 is 0. The van der Waals surface area contributed by atoms with E-state index in [1.54, 1.807) is 0 Å². The minimum Gasteiger partial charge on any atom is -0.354 e. The second-order valence-electron chi connectivity index (χ2n) is 8.45. The lowest BCUT2D eigenvalue weighted by molar-refractivity contribution is -0.129. The highest BCUT2D eigenvalue weighted by Crippen LogP contribution is 2.32. The lowest BCUT2D eigenvalue weighted by Crippen LogP contribution is -2.35. The van der Waals surface area contributed by atoms with Crippen molar-refractivity contribution >= 4 is 34.5 Å². The summed E-state index contributed by atoms with van der Waals surface area (Å²) in [5.41, 5.74) is 1.59. The van der Waals surface area contributed by atoms with Crippen LogP contribution in [0, 0.1) is 5.92 Å². The van der Waals surface area contributed by atoms with Crippen molar-refractivity contribution in [1.29, 1.82) is 0 Å². The van der Waals surface area contributed by atoms with Crippen LogP contribution >= 0.6 is 0 Å². The van der Waals surface area contributed by atoms with Crippen LogP contribution in [0.15, 0.2) is 24.3 Å². The molecule has 2 saturated heterocycles. The van der Waals surface area contributed by atoms with Crippen molar-refractivity contribution in [2.45, 2.75) is 51.0 Å². The fourth-order valence-corrected chi connectivity index (χ4v) is 4.92. The molecule has 3 aliphatic rings. The maximum absolute atomic E-state index is 13.0. The van der Waals surface area contributed by atoms with Crippen molar-refractivity contribution in [3.63, 3.8) is 0 Å². The normalized spacial score (nSPS) is 22.8. The fourth-order valence-electron chi connectivity index (χ4n) is 4.92. The second-order valence-corrected chi connectivity index (χ2v) is 8.45. The van der Waals surface area contributed by atoms with E-state index in [0.717, 1.165) is 55.6 Å². The van der Waals surface area contributed by atoms with E-state index in [0.29, 0.717) is 24.8 Å². The molecule has 7 nitrogen and oxygen atoms in total. The number of amides is 2. The molecule has 1 N–H and O–H groups in total. The summed E-state index contributed by atoms with van der Waals surface area (Å²) in [5.74, 6) is 0.932. The van der Waals surface area contributed by atoms with Gasteiger partial charge in [0.1, 0.15) is 0 Å². The lowest BCUT2D eigenvalue weighted by atomic mass is 10.1. The Morgan fingerprint density at radius 1 is 1.00 bits per heavy atom. The van der Waals surface area contributed by atoms with Gasteiger partial charge in [0.25, 0.3) is 0 Å². The van der Waals surface area contributed by atoms with Gasteiger partial charge in [-0.15, -0.1) is 0 Å². The van der Waals surface area contributed by atoms with Gasteiger partial charge in [-0.1, -0.05) is 25.0 Å². The molecule has 1 atom stereocenters. The van der Waals surface area contributed by atoms with Gasteiger partial charge in [-0.3, -0.25) is 9.59 Å². The molecule has 0 bridgehead atoms. The molecule has 1 aromatic heterocycles. The van der Waals surface area contributed by atoms with Gasteiger partial charge < -0.3 is 15.1 Å². The minimum absolute atomic E-state index is 0.112. The first-order valence-electron chi connectivity index (χ1n) is 10.8. The zero-order valence-corrected chi connectivity index (χ0v) is 16.6. The molecular formula is C22H27N5O2. The predicted molar refractivity (Wildman–Crippen MR) is 112 cm³/mol. The Labute approximate surface area is 170 Å². The largest absolute Gasteiger partial charge is 0.354 e. The number of carbonyl (C=O) groups excluding carboxylic acids is 2. The third-order valence-corrected chi connectivity index (χ3v) is 6.49. The van der Waals surface area contributed by atoms with Crippen molar-refractivity contribution < 1.29 is 9.59 Å². The third kappa shape index (κ3) is 3.54. The molecule has 0 spiro atoms. The summed E-state index contributed by atoms with van der Waals surface area (Å²) in [5, 5.41) is 3.02. The van der Waals surface area contributed by atoms with Gasteiger partial charge in [-0.05, 0) is 37.8 Å². The van der Waals surface area contributed by atoms with E-state index in [1.807, 2.05) is 29.2 Å². The third-order valence-electron chi connectivity index (χ3n) is 6.49. The highest BCUT2D eigenvalue weighted by Gasteiger charge is 2.39. The molecule has 3 fully saturated rings. The Morgan fingerprint density at radius 2 is 1.69 bits per heavy atom. The number of likely N-dealkylation sites (tertiary alicyclic amines) is 1. The lowest BCUT2D eigenvalue weighted by Gasteiger charge is -2.24. The van der Waals surface area contributed by atoms with E-state index in [1.165, 1.54) is 12.8 Å². The van der Waals surface area contributed by atoms with Gasteiger partial charge in [0.05, 0.1) is 17.0 Å². The van der Waals surface area contributed by atoms with Gasteiger partial charge >= 0.3 is 0 Å². The monoisotopic (exact) mass is 393 g/mol. The van der Waals surface area contributed by atoms with Crippen molar-refractivity contribution in [2.24, 2.45) is 5.92 Å². The molecule has 7 heteroatoms. The summed E-state index contributed by atoms with van der Waals surface area (Å²) in [4.78, 5) is 39.2. The molecule has 0 radical (unpaired) electrons. The Balaban J connectivity index is 1.38. The summed E-state index contributed by atoms with van der Waals surface area (Å²) in [6.45, 7) is 2.37. The average Bonchev–Trinajstić information content (AvgIpc) is 3.49. The molecule has 1 aromatic carbocycles. The molecule has 1 aliphatic carbocycles. The van der Waals surface area contributed by atoms with Gasteiger partial charge in [-0.25, -0.2) is 9.97 Å². The minimum atomic E-state index is -0.317. The number of benzene rings is 1. The van der Waals surface area contributed by atoms with E-state index in [9.17, 15) is 9.59 Å². The average molecular weight is 393 g/mol. The molecule has 2 amide bonds. The topological polar surface area (TPSA) is 78.4 Å². The summed E-state index contributed by atoms with van der Waals surface area (Å²) in [6, 6.07) is 8.05. The Hall–Kier alpha value is -2.70. The van der Waals surface area contributed by atoms with Crippen molar-refractivity contribution in [1.82, 2.24) is 14.9 Å². The van der Waals surface area contributed by atoms with Crippen LogP contribution in [-0.4, -0.2) is 52.4 Å². The first-order valence-corrected chi connectivity index (χ1v) is 10.8. The van der Waals surface area contributed by atoms with Gasteiger partial charge in [0.2, 0.25) is 11.8 Å². The maximum atomic E-state index is 13.0. The molecule has 1 saturated carbocycles. The number of hydrogen-bond acceptors (Lipinski definition) is 5. The van der Waals surface area contributed by atoms with E-state index < -0.39 is 0 Å². The van der Waals surface area contributed by atoms with Crippen molar-refractivity contribution in [3.05, 3.63) is 24.3 Å². The smallest absolute Gasteiger partial charge is 0.231 e. The zero-order chi connectivity index (χ0) is 19.8. The number of rotatable bonds is 4. The van der Waals surface area contributed by atoms with E-state index in [4.69, 9.17) is 9.97 Å². The number of para-hydroxylation sites is 2. The number of aromatic nitrogens is 2. The summed E-state index contributed by atoms with van der Waals surface area (Å²) in [7, 11) is 0. The molecule has 152 valence electrons. The first kappa shape index (κ1) is 18.3. The van der Waals surface area contributed by atoms with Crippen LogP contribution in [0.3, 0.4) is 0 Å². The molecule has 3 heterocycles. The molecule has 5 rings (SSSR count). The summed E-state index contributed by atoms with van der Waals surface area (Å²) in [6.07, 6.45) is 7.02. The SMILES string of the molecule is O=C(Nc1nc2ccccc2nc1N1CCCC1)C1CC(=O)N(C2CCCC2)C1. The highest BCUT2D eigenvalue weighted by atomic mass is 16.2. The van der Waals surface area contributed by atoms with Crippen molar-refractivity contribution in [3.8, 4) is 0 Å². The summed E-state index contributed by atoms with van der Waals surface area (Å²) < 4.78 is 0. The van der Waals surface area contributed by atoms with Gasteiger partial charge in [0.15, 0.2) is 11.6 Å². The van der Waals surface area contributed by atoms with Crippen LogP contribution in [-0.2, 0) is 9.59 Å².